The Kier molecular flexibility index (Phi) is 4.58. The molecule has 0 aliphatic heterocycles. The second-order valence-electron chi connectivity index (χ2n) is 6.78. The minimum Gasteiger partial charge on any atom is -0.309 e. The lowest BCUT2D eigenvalue weighted by atomic mass is 9.89. The van der Waals surface area contributed by atoms with E-state index < -0.39 is 0 Å². The highest BCUT2D eigenvalue weighted by Gasteiger charge is 2.26. The van der Waals surface area contributed by atoms with Crippen LogP contribution < -0.4 is 0 Å². The summed E-state index contributed by atoms with van der Waals surface area (Å²) >= 11 is 0. The first-order valence-corrected chi connectivity index (χ1v) is 8.30. The van der Waals surface area contributed by atoms with E-state index >= 15 is 0 Å². The third-order valence-corrected chi connectivity index (χ3v) is 4.67. The van der Waals surface area contributed by atoms with E-state index in [1.807, 2.05) is 6.07 Å². The zero-order valence-electron chi connectivity index (χ0n) is 14.5. The number of rotatable bonds is 5. The number of benzene rings is 1. The van der Waals surface area contributed by atoms with Gasteiger partial charge in [-0.15, -0.1) is 0 Å². The topological polar surface area (TPSA) is 29.0 Å². The number of allylic oxidation sites excluding steroid dienone is 1. The number of fused-ring (bicyclic) bond motifs is 1. The molecule has 1 heterocycles. The summed E-state index contributed by atoms with van der Waals surface area (Å²) in [5, 5.41) is 8.41. The van der Waals surface area contributed by atoms with Crippen molar-refractivity contribution >= 4 is 5.57 Å². The molecule has 3 rings (SSSR count). The van der Waals surface area contributed by atoms with Crippen LogP contribution in [0.25, 0.3) is 5.57 Å². The van der Waals surface area contributed by atoms with Gasteiger partial charge >= 0.3 is 0 Å². The van der Waals surface area contributed by atoms with Crippen LogP contribution in [0, 0.1) is 6.92 Å². The number of hydrogen-bond donors (Lipinski definition) is 0. The van der Waals surface area contributed by atoms with Crippen LogP contribution in [0.3, 0.4) is 0 Å². The maximum absolute atomic E-state index is 4.35. The first-order valence-electron chi connectivity index (χ1n) is 8.30. The maximum Gasteiger partial charge on any atom is 0.0703 e. The van der Waals surface area contributed by atoms with E-state index in [4.69, 9.17) is 0 Å². The monoisotopic (exact) mass is 307 g/mol. The van der Waals surface area contributed by atoms with E-state index in [0.717, 1.165) is 25.1 Å². The van der Waals surface area contributed by atoms with Crippen molar-refractivity contribution in [3.05, 3.63) is 64.5 Å². The molecule has 0 fully saturated rings. The Labute approximate surface area is 139 Å². The first-order chi connectivity index (χ1) is 11.1. The van der Waals surface area contributed by atoms with Crippen LogP contribution in [0.5, 0.6) is 0 Å². The average Bonchev–Trinajstić information content (AvgIpc) is 2.90. The largest absolute Gasteiger partial charge is 0.309 e. The van der Waals surface area contributed by atoms with Gasteiger partial charge in [0.05, 0.1) is 5.69 Å². The van der Waals surface area contributed by atoms with Crippen LogP contribution in [-0.2, 0) is 6.42 Å². The molecule has 120 valence electrons. The fourth-order valence-corrected chi connectivity index (χ4v) is 3.46. The van der Waals surface area contributed by atoms with Crippen molar-refractivity contribution in [2.75, 3.05) is 20.6 Å². The normalized spacial score (nSPS) is 15.2. The Balaban J connectivity index is 2.00. The van der Waals surface area contributed by atoms with Crippen molar-refractivity contribution < 1.29 is 0 Å². The van der Waals surface area contributed by atoms with Gasteiger partial charge in [-0.25, -0.2) is 0 Å². The van der Waals surface area contributed by atoms with Gasteiger partial charge in [0.1, 0.15) is 0 Å². The third kappa shape index (κ3) is 3.35. The van der Waals surface area contributed by atoms with Gasteiger partial charge in [0.15, 0.2) is 0 Å². The number of hydrogen-bond acceptors (Lipinski definition) is 3. The standard InChI is InChI=1S/C20H25N3/c1-14-7-8-18-17(12-14)13-16(9-11-23(3)4)20(18)15(2)19-6-5-10-21-22-19/h5-8,10,12,15H,9,11,13H2,1-4H3. The molecule has 23 heavy (non-hydrogen) atoms. The summed E-state index contributed by atoms with van der Waals surface area (Å²) < 4.78 is 0. The van der Waals surface area contributed by atoms with E-state index in [-0.39, 0.29) is 5.92 Å². The molecular weight excluding hydrogens is 282 g/mol. The van der Waals surface area contributed by atoms with Crippen LogP contribution in [0.2, 0.25) is 0 Å². The Hall–Kier alpha value is -2.00. The molecule has 0 radical (unpaired) electrons. The van der Waals surface area contributed by atoms with Gasteiger partial charge in [0.2, 0.25) is 0 Å². The molecule has 0 saturated heterocycles. The Bertz CT molecular complexity index is 717. The minimum atomic E-state index is 0.282. The smallest absolute Gasteiger partial charge is 0.0703 e. The minimum absolute atomic E-state index is 0.282. The highest BCUT2D eigenvalue weighted by molar-refractivity contribution is 5.80. The molecule has 1 unspecified atom stereocenters. The van der Waals surface area contributed by atoms with Gasteiger partial charge in [-0.3, -0.25) is 0 Å². The molecule has 1 aliphatic rings. The summed E-state index contributed by atoms with van der Waals surface area (Å²) in [6.45, 7) is 5.51. The van der Waals surface area contributed by atoms with Crippen molar-refractivity contribution in [1.29, 1.82) is 0 Å². The van der Waals surface area contributed by atoms with Crippen molar-refractivity contribution in [3.8, 4) is 0 Å². The SMILES string of the molecule is Cc1ccc2c(c1)CC(CCN(C)C)=C2C(C)c1cccnn1. The average molecular weight is 307 g/mol. The molecule has 1 aliphatic carbocycles. The van der Waals surface area contributed by atoms with Gasteiger partial charge in [-0.05, 0) is 62.7 Å². The Morgan fingerprint density at radius 2 is 2.04 bits per heavy atom. The lowest BCUT2D eigenvalue weighted by Gasteiger charge is -2.17. The molecule has 1 aromatic heterocycles. The Morgan fingerprint density at radius 1 is 1.22 bits per heavy atom. The number of aromatic nitrogens is 2. The zero-order valence-corrected chi connectivity index (χ0v) is 14.5. The second-order valence-corrected chi connectivity index (χ2v) is 6.78. The Morgan fingerprint density at radius 3 is 2.74 bits per heavy atom. The molecule has 3 heteroatoms. The lowest BCUT2D eigenvalue weighted by Crippen LogP contribution is -2.14. The van der Waals surface area contributed by atoms with Crippen LogP contribution in [0.1, 0.15) is 41.6 Å². The third-order valence-electron chi connectivity index (χ3n) is 4.67. The summed E-state index contributed by atoms with van der Waals surface area (Å²) in [6.07, 6.45) is 3.93. The van der Waals surface area contributed by atoms with Crippen molar-refractivity contribution in [3.63, 3.8) is 0 Å². The van der Waals surface area contributed by atoms with Crippen molar-refractivity contribution in [1.82, 2.24) is 15.1 Å². The van der Waals surface area contributed by atoms with Crippen LogP contribution in [-0.4, -0.2) is 35.7 Å². The van der Waals surface area contributed by atoms with Crippen LogP contribution in [0.15, 0.2) is 42.1 Å². The second kappa shape index (κ2) is 6.63. The summed E-state index contributed by atoms with van der Waals surface area (Å²) in [5.41, 5.74) is 8.27. The van der Waals surface area contributed by atoms with Gasteiger partial charge < -0.3 is 4.90 Å². The zero-order chi connectivity index (χ0) is 16.4. The van der Waals surface area contributed by atoms with Crippen LogP contribution >= 0.6 is 0 Å². The fourth-order valence-electron chi connectivity index (χ4n) is 3.46. The number of nitrogens with zero attached hydrogens (tertiary/aromatic N) is 3. The summed E-state index contributed by atoms with van der Waals surface area (Å²) in [5.74, 6) is 0.282. The van der Waals surface area contributed by atoms with Gasteiger partial charge in [-0.2, -0.15) is 10.2 Å². The highest BCUT2D eigenvalue weighted by Crippen LogP contribution is 2.42. The first kappa shape index (κ1) is 15.9. The van der Waals surface area contributed by atoms with Crippen LogP contribution in [0.4, 0.5) is 0 Å². The lowest BCUT2D eigenvalue weighted by molar-refractivity contribution is 0.412. The van der Waals surface area contributed by atoms with Crippen molar-refractivity contribution in [2.45, 2.75) is 32.6 Å². The molecule has 0 bridgehead atoms. The summed E-state index contributed by atoms with van der Waals surface area (Å²) in [7, 11) is 4.27. The molecule has 1 aromatic carbocycles. The predicted molar refractivity (Wildman–Crippen MR) is 95.4 cm³/mol. The van der Waals surface area contributed by atoms with Gasteiger partial charge in [-0.1, -0.05) is 36.3 Å². The molecule has 0 saturated carbocycles. The number of aryl methyl sites for hydroxylation is 1. The molecule has 1 atom stereocenters. The predicted octanol–water partition coefficient (Wildman–Crippen LogP) is 3.85. The van der Waals surface area contributed by atoms with E-state index in [9.17, 15) is 0 Å². The molecule has 0 N–H and O–H groups in total. The molecule has 2 aromatic rings. The van der Waals surface area contributed by atoms with E-state index in [1.165, 1.54) is 22.3 Å². The van der Waals surface area contributed by atoms with E-state index in [0.29, 0.717) is 0 Å². The van der Waals surface area contributed by atoms with E-state index in [2.05, 4.69) is 67.3 Å². The van der Waals surface area contributed by atoms with Gasteiger partial charge in [0.25, 0.3) is 0 Å². The molecular formula is C20H25N3. The maximum atomic E-state index is 4.35. The van der Waals surface area contributed by atoms with Crippen molar-refractivity contribution in [2.24, 2.45) is 0 Å². The molecule has 0 spiro atoms. The quantitative estimate of drug-likeness (QED) is 0.840. The fraction of sp³-hybridized carbons (Fsp3) is 0.400. The molecule has 3 nitrogen and oxygen atoms in total. The van der Waals surface area contributed by atoms with Gasteiger partial charge in [0, 0.05) is 18.7 Å². The van der Waals surface area contributed by atoms with E-state index in [1.54, 1.807) is 11.8 Å². The summed E-state index contributed by atoms with van der Waals surface area (Å²) in [4.78, 5) is 2.26. The molecule has 0 amide bonds. The highest BCUT2D eigenvalue weighted by atomic mass is 15.1. The summed E-state index contributed by atoms with van der Waals surface area (Å²) in [6, 6.07) is 10.9.